The van der Waals surface area contributed by atoms with E-state index in [4.69, 9.17) is 10.00 Å². The third kappa shape index (κ3) is 3.67. The lowest BCUT2D eigenvalue weighted by Crippen LogP contribution is -2.17. The zero-order valence-corrected chi connectivity index (χ0v) is 11.3. The SMILES string of the molecule is CCOC(=O)/C(C#N)=N/Nc1cc(-c2ccccc2)[nH]n1. The molecule has 21 heavy (non-hydrogen) atoms. The molecule has 1 heterocycles. The standard InChI is InChI=1S/C14H13N5O2/c1-2-21-14(20)12(9-15)17-19-13-8-11(16-18-13)10-6-4-3-5-7-10/h3-8H,2H2,1H3,(H2,16,18,19)/b17-12+. The number of esters is 1. The Morgan fingerprint density at radius 1 is 1.48 bits per heavy atom. The Morgan fingerprint density at radius 2 is 2.24 bits per heavy atom. The highest BCUT2D eigenvalue weighted by molar-refractivity contribution is 6.43. The first-order valence-electron chi connectivity index (χ1n) is 6.26. The van der Waals surface area contributed by atoms with E-state index in [-0.39, 0.29) is 12.3 Å². The molecule has 0 aliphatic rings. The van der Waals surface area contributed by atoms with Gasteiger partial charge in [0.25, 0.3) is 0 Å². The van der Waals surface area contributed by atoms with Crippen molar-refractivity contribution in [2.45, 2.75) is 6.92 Å². The number of aromatic amines is 1. The number of anilines is 1. The monoisotopic (exact) mass is 283 g/mol. The summed E-state index contributed by atoms with van der Waals surface area (Å²) in [6.07, 6.45) is 0. The van der Waals surface area contributed by atoms with Crippen molar-refractivity contribution in [3.8, 4) is 17.3 Å². The van der Waals surface area contributed by atoms with E-state index in [2.05, 4.69) is 20.7 Å². The van der Waals surface area contributed by atoms with Gasteiger partial charge in [0.1, 0.15) is 6.07 Å². The molecule has 0 aliphatic carbocycles. The van der Waals surface area contributed by atoms with Gasteiger partial charge in [-0.05, 0) is 12.5 Å². The quantitative estimate of drug-likeness (QED) is 0.496. The van der Waals surface area contributed by atoms with Gasteiger partial charge in [0.15, 0.2) is 5.82 Å². The van der Waals surface area contributed by atoms with Crippen molar-refractivity contribution in [3.05, 3.63) is 36.4 Å². The molecule has 1 aromatic heterocycles. The average Bonchev–Trinajstić information content (AvgIpc) is 2.98. The summed E-state index contributed by atoms with van der Waals surface area (Å²) < 4.78 is 4.70. The van der Waals surface area contributed by atoms with Crippen molar-refractivity contribution in [3.63, 3.8) is 0 Å². The molecule has 0 fully saturated rings. The topological polar surface area (TPSA) is 103 Å². The van der Waals surface area contributed by atoms with Crippen LogP contribution in [-0.4, -0.2) is 28.5 Å². The van der Waals surface area contributed by atoms with Crippen LogP contribution in [0.2, 0.25) is 0 Å². The Kier molecular flexibility index (Phi) is 4.66. The van der Waals surface area contributed by atoms with Gasteiger partial charge in [0.05, 0.1) is 12.3 Å². The van der Waals surface area contributed by atoms with Crippen LogP contribution in [0, 0.1) is 11.3 Å². The second-order valence-corrected chi connectivity index (χ2v) is 3.94. The van der Waals surface area contributed by atoms with E-state index >= 15 is 0 Å². The minimum atomic E-state index is -0.772. The molecule has 0 bridgehead atoms. The highest BCUT2D eigenvalue weighted by Gasteiger charge is 2.12. The van der Waals surface area contributed by atoms with E-state index in [0.717, 1.165) is 11.3 Å². The van der Waals surface area contributed by atoms with Gasteiger partial charge in [-0.1, -0.05) is 30.3 Å². The fourth-order valence-electron chi connectivity index (χ4n) is 1.57. The Morgan fingerprint density at radius 3 is 2.90 bits per heavy atom. The zero-order valence-electron chi connectivity index (χ0n) is 11.3. The molecule has 0 amide bonds. The molecule has 0 unspecified atom stereocenters. The minimum Gasteiger partial charge on any atom is -0.461 e. The van der Waals surface area contributed by atoms with Gasteiger partial charge < -0.3 is 4.74 Å². The predicted octanol–water partition coefficient (Wildman–Crippen LogP) is 1.93. The van der Waals surface area contributed by atoms with Crippen molar-refractivity contribution in [1.82, 2.24) is 10.2 Å². The van der Waals surface area contributed by atoms with Crippen molar-refractivity contribution in [1.29, 1.82) is 5.26 Å². The summed E-state index contributed by atoms with van der Waals surface area (Å²) in [4.78, 5) is 11.4. The number of hydrazone groups is 1. The lowest BCUT2D eigenvalue weighted by Gasteiger charge is -1.98. The first-order chi connectivity index (χ1) is 10.2. The Balaban J connectivity index is 2.09. The van der Waals surface area contributed by atoms with Gasteiger partial charge in [-0.15, -0.1) is 0 Å². The molecule has 7 nitrogen and oxygen atoms in total. The first-order valence-corrected chi connectivity index (χ1v) is 6.26. The van der Waals surface area contributed by atoms with Crippen molar-refractivity contribution >= 4 is 17.5 Å². The normalized spacial score (nSPS) is 10.8. The lowest BCUT2D eigenvalue weighted by molar-refractivity contribution is -0.134. The Bertz CT molecular complexity index is 685. The second kappa shape index (κ2) is 6.86. The summed E-state index contributed by atoms with van der Waals surface area (Å²) in [5.41, 5.74) is 3.95. The van der Waals surface area contributed by atoms with E-state index in [1.807, 2.05) is 30.3 Å². The molecule has 0 atom stereocenters. The van der Waals surface area contributed by atoms with E-state index in [0.29, 0.717) is 5.82 Å². The van der Waals surface area contributed by atoms with Crippen LogP contribution >= 0.6 is 0 Å². The maximum atomic E-state index is 11.4. The number of hydrogen-bond acceptors (Lipinski definition) is 6. The predicted molar refractivity (Wildman–Crippen MR) is 77.3 cm³/mol. The summed E-state index contributed by atoms with van der Waals surface area (Å²) in [6.45, 7) is 1.83. The summed E-state index contributed by atoms with van der Waals surface area (Å²) in [6, 6.07) is 13.0. The van der Waals surface area contributed by atoms with Crippen molar-refractivity contribution in [2.75, 3.05) is 12.0 Å². The molecule has 2 N–H and O–H groups in total. The fourth-order valence-corrected chi connectivity index (χ4v) is 1.57. The van der Waals surface area contributed by atoms with Crippen LogP contribution in [0.4, 0.5) is 5.82 Å². The number of carbonyl (C=O) groups is 1. The summed E-state index contributed by atoms with van der Waals surface area (Å²) >= 11 is 0. The van der Waals surface area contributed by atoms with E-state index in [1.165, 1.54) is 0 Å². The van der Waals surface area contributed by atoms with Gasteiger partial charge >= 0.3 is 5.97 Å². The molecule has 1 aromatic carbocycles. The Labute approximate surface area is 121 Å². The van der Waals surface area contributed by atoms with Gasteiger partial charge in [0.2, 0.25) is 5.71 Å². The van der Waals surface area contributed by atoms with Crippen LogP contribution in [-0.2, 0) is 9.53 Å². The second-order valence-electron chi connectivity index (χ2n) is 3.94. The fraction of sp³-hybridized carbons (Fsp3) is 0.143. The van der Waals surface area contributed by atoms with Gasteiger partial charge in [-0.3, -0.25) is 10.5 Å². The largest absolute Gasteiger partial charge is 0.461 e. The summed E-state index contributed by atoms with van der Waals surface area (Å²) in [5.74, 6) is -0.378. The van der Waals surface area contributed by atoms with Crippen LogP contribution in [0.5, 0.6) is 0 Å². The number of H-pyrrole nitrogens is 1. The van der Waals surface area contributed by atoms with Crippen LogP contribution in [0.15, 0.2) is 41.5 Å². The molecular formula is C14H13N5O2. The van der Waals surface area contributed by atoms with Gasteiger partial charge in [-0.25, -0.2) is 4.79 Å². The molecule has 2 rings (SSSR count). The van der Waals surface area contributed by atoms with Crippen LogP contribution in [0.25, 0.3) is 11.3 Å². The highest BCUT2D eigenvalue weighted by atomic mass is 16.5. The molecule has 2 aromatic rings. The number of nitrogens with zero attached hydrogens (tertiary/aromatic N) is 3. The number of nitrogens with one attached hydrogen (secondary N) is 2. The Hall–Kier alpha value is -3.14. The van der Waals surface area contributed by atoms with Crippen molar-refractivity contribution < 1.29 is 9.53 Å². The van der Waals surface area contributed by atoms with E-state index < -0.39 is 5.97 Å². The zero-order chi connectivity index (χ0) is 15.1. The van der Waals surface area contributed by atoms with Crippen LogP contribution < -0.4 is 5.43 Å². The number of rotatable bonds is 5. The molecule has 7 heteroatoms. The smallest absolute Gasteiger partial charge is 0.369 e. The van der Waals surface area contributed by atoms with Crippen LogP contribution in [0.3, 0.4) is 0 Å². The maximum absolute atomic E-state index is 11.4. The number of aromatic nitrogens is 2. The van der Waals surface area contributed by atoms with E-state index in [9.17, 15) is 4.79 Å². The molecule has 0 saturated heterocycles. The molecule has 0 spiro atoms. The summed E-state index contributed by atoms with van der Waals surface area (Å²) in [7, 11) is 0. The first kappa shape index (κ1) is 14.3. The summed E-state index contributed by atoms with van der Waals surface area (Å²) in [5, 5.41) is 19.4. The molecule has 0 radical (unpaired) electrons. The lowest BCUT2D eigenvalue weighted by atomic mass is 10.2. The number of hydrogen-bond donors (Lipinski definition) is 2. The number of benzene rings is 1. The molecule has 0 saturated carbocycles. The maximum Gasteiger partial charge on any atom is 0.369 e. The molecular weight excluding hydrogens is 270 g/mol. The molecule has 106 valence electrons. The molecule has 0 aliphatic heterocycles. The minimum absolute atomic E-state index is 0.181. The van der Waals surface area contributed by atoms with Gasteiger partial charge in [0, 0.05) is 6.07 Å². The third-order valence-corrected chi connectivity index (χ3v) is 2.52. The number of ether oxygens (including phenoxy) is 1. The average molecular weight is 283 g/mol. The van der Waals surface area contributed by atoms with E-state index in [1.54, 1.807) is 19.1 Å². The van der Waals surface area contributed by atoms with Crippen LogP contribution in [0.1, 0.15) is 6.92 Å². The highest BCUT2D eigenvalue weighted by Crippen LogP contribution is 2.18. The number of carbonyl (C=O) groups excluding carboxylic acids is 1. The number of nitriles is 1. The van der Waals surface area contributed by atoms with Gasteiger partial charge in [-0.2, -0.15) is 15.5 Å². The third-order valence-electron chi connectivity index (χ3n) is 2.52. The van der Waals surface area contributed by atoms with Crippen molar-refractivity contribution in [2.24, 2.45) is 5.10 Å².